The number of aromatic nitrogens is 1. The van der Waals surface area contributed by atoms with Crippen molar-refractivity contribution in [1.29, 1.82) is 5.41 Å². The Morgan fingerprint density at radius 2 is 2.00 bits per heavy atom. The Bertz CT molecular complexity index is 1100. The molecular formula is C18H13Cl2N5OS. The number of aliphatic imine (C=N–C) groups is 1. The second-order valence-corrected chi connectivity index (χ2v) is 7.67. The molecule has 0 unspecified atom stereocenters. The van der Waals surface area contributed by atoms with E-state index in [4.69, 9.17) is 28.6 Å². The molecule has 1 amide bonds. The lowest BCUT2D eigenvalue weighted by atomic mass is 10.1. The molecule has 0 fully saturated rings. The molecule has 0 aliphatic carbocycles. The molecule has 27 heavy (non-hydrogen) atoms. The van der Waals surface area contributed by atoms with E-state index in [0.29, 0.717) is 15.2 Å². The number of fused-ring (bicyclic) bond motifs is 1. The van der Waals surface area contributed by atoms with E-state index in [0.717, 1.165) is 22.6 Å². The minimum absolute atomic E-state index is 0.0144. The van der Waals surface area contributed by atoms with Crippen molar-refractivity contribution in [1.82, 2.24) is 9.58 Å². The van der Waals surface area contributed by atoms with Crippen LogP contribution in [0.2, 0.25) is 10.0 Å². The molecule has 0 atom stereocenters. The first kappa shape index (κ1) is 18.0. The van der Waals surface area contributed by atoms with Crippen LogP contribution < -0.4 is 0 Å². The summed E-state index contributed by atoms with van der Waals surface area (Å²) in [4.78, 5) is 16.4. The van der Waals surface area contributed by atoms with Crippen molar-refractivity contribution in [2.24, 2.45) is 10.1 Å². The Labute approximate surface area is 169 Å². The van der Waals surface area contributed by atoms with Crippen LogP contribution in [0.4, 0.5) is 0 Å². The van der Waals surface area contributed by atoms with E-state index in [2.05, 4.69) is 10.1 Å². The number of halogens is 2. The monoisotopic (exact) mass is 417 g/mol. The number of hydrogen-bond donors (Lipinski definition) is 1. The van der Waals surface area contributed by atoms with Crippen LogP contribution in [0, 0.1) is 19.3 Å². The normalized spacial score (nSPS) is 17.7. The third kappa shape index (κ3) is 3.01. The molecule has 2 aliphatic heterocycles. The van der Waals surface area contributed by atoms with Crippen LogP contribution >= 0.6 is 35.0 Å². The molecule has 0 saturated heterocycles. The van der Waals surface area contributed by atoms with Gasteiger partial charge in [-0.3, -0.25) is 10.2 Å². The zero-order valence-electron chi connectivity index (χ0n) is 14.3. The number of thioether (sulfide) groups is 1. The number of aryl methyl sites for hydroxylation is 1. The fourth-order valence-corrected chi connectivity index (χ4v) is 4.16. The summed E-state index contributed by atoms with van der Waals surface area (Å²) in [5, 5.41) is 15.2. The first-order chi connectivity index (χ1) is 12.9. The third-order valence-electron chi connectivity index (χ3n) is 4.32. The second kappa shape index (κ2) is 6.67. The molecule has 3 heterocycles. The quantitative estimate of drug-likeness (QED) is 0.722. The maximum atomic E-state index is 12.4. The number of amides is 1. The van der Waals surface area contributed by atoms with E-state index in [9.17, 15) is 4.79 Å². The van der Waals surface area contributed by atoms with E-state index >= 15 is 0 Å². The van der Waals surface area contributed by atoms with Crippen molar-refractivity contribution in [2.75, 3.05) is 0 Å². The highest BCUT2D eigenvalue weighted by Gasteiger charge is 2.32. The topological polar surface area (TPSA) is 73.8 Å². The third-order valence-corrected chi connectivity index (χ3v) is 5.53. The van der Waals surface area contributed by atoms with E-state index in [1.165, 1.54) is 16.8 Å². The van der Waals surface area contributed by atoms with Gasteiger partial charge in [0.1, 0.15) is 0 Å². The van der Waals surface area contributed by atoms with Crippen molar-refractivity contribution in [3.05, 3.63) is 56.8 Å². The molecule has 0 saturated carbocycles. The summed E-state index contributed by atoms with van der Waals surface area (Å²) in [5.74, 6) is -0.431. The highest BCUT2D eigenvalue weighted by Crippen LogP contribution is 2.31. The number of carbonyl (C=O) groups excluding carboxylic acids is 1. The van der Waals surface area contributed by atoms with Gasteiger partial charge in [0.05, 0.1) is 21.8 Å². The van der Waals surface area contributed by atoms with Gasteiger partial charge in [-0.1, -0.05) is 23.2 Å². The lowest BCUT2D eigenvalue weighted by Crippen LogP contribution is -2.35. The number of amidine groups is 2. The summed E-state index contributed by atoms with van der Waals surface area (Å²) in [5.41, 5.74) is 5.18. The summed E-state index contributed by atoms with van der Waals surface area (Å²) in [6, 6.07) is 7.26. The number of nitrogens with one attached hydrogen (secondary N) is 1. The molecule has 0 radical (unpaired) electrons. The molecule has 2 aliphatic rings. The van der Waals surface area contributed by atoms with Crippen molar-refractivity contribution in [2.45, 2.75) is 13.8 Å². The number of nitrogens with zero attached hydrogens (tertiary/aromatic N) is 4. The number of benzene rings is 1. The van der Waals surface area contributed by atoms with Crippen LogP contribution in [0.5, 0.6) is 0 Å². The minimum atomic E-state index is -0.446. The van der Waals surface area contributed by atoms with Gasteiger partial charge < -0.3 is 4.57 Å². The molecule has 0 bridgehead atoms. The molecule has 0 spiro atoms. The molecule has 1 aromatic heterocycles. The Hall–Kier alpha value is -2.35. The second-order valence-electron chi connectivity index (χ2n) is 6.01. The number of carbonyl (C=O) groups is 1. The van der Waals surface area contributed by atoms with Gasteiger partial charge in [0.25, 0.3) is 5.91 Å². The predicted molar refractivity (Wildman–Crippen MR) is 111 cm³/mol. The van der Waals surface area contributed by atoms with E-state index in [1.54, 1.807) is 23.8 Å². The smallest absolute Gasteiger partial charge is 0.283 e. The van der Waals surface area contributed by atoms with Crippen molar-refractivity contribution < 1.29 is 4.79 Å². The molecule has 136 valence electrons. The van der Waals surface area contributed by atoms with Crippen LogP contribution in [0.1, 0.15) is 17.0 Å². The Kier molecular flexibility index (Phi) is 4.46. The van der Waals surface area contributed by atoms with Gasteiger partial charge in [-0.2, -0.15) is 15.1 Å². The number of hydrazone groups is 1. The van der Waals surface area contributed by atoms with E-state index in [1.807, 2.05) is 30.5 Å². The molecule has 2 aromatic rings. The van der Waals surface area contributed by atoms with Crippen molar-refractivity contribution >= 4 is 63.5 Å². The Morgan fingerprint density at radius 3 is 2.74 bits per heavy atom. The summed E-state index contributed by atoms with van der Waals surface area (Å²) >= 11 is 13.6. The van der Waals surface area contributed by atoms with Crippen molar-refractivity contribution in [3.63, 3.8) is 0 Å². The highest BCUT2D eigenvalue weighted by molar-refractivity contribution is 8.25. The first-order valence-electron chi connectivity index (χ1n) is 7.94. The highest BCUT2D eigenvalue weighted by atomic mass is 35.5. The maximum absolute atomic E-state index is 12.4. The minimum Gasteiger partial charge on any atom is -0.316 e. The van der Waals surface area contributed by atoms with Gasteiger partial charge in [-0.05, 0) is 61.5 Å². The first-order valence-corrected chi connectivity index (χ1v) is 9.57. The van der Waals surface area contributed by atoms with E-state index < -0.39 is 5.91 Å². The van der Waals surface area contributed by atoms with Gasteiger partial charge >= 0.3 is 0 Å². The van der Waals surface area contributed by atoms with Gasteiger partial charge in [-0.15, -0.1) is 0 Å². The fraction of sp³-hybridized carbons (Fsp3) is 0.111. The summed E-state index contributed by atoms with van der Waals surface area (Å²) in [7, 11) is 0. The Balaban J connectivity index is 1.80. The van der Waals surface area contributed by atoms with Crippen LogP contribution in [0.15, 0.2) is 39.9 Å². The molecule has 1 N–H and O–H groups in total. The predicted octanol–water partition coefficient (Wildman–Crippen LogP) is 4.65. The maximum Gasteiger partial charge on any atom is 0.283 e. The summed E-state index contributed by atoms with van der Waals surface area (Å²) in [6.07, 6.45) is 1.67. The van der Waals surface area contributed by atoms with Crippen LogP contribution in [0.3, 0.4) is 0 Å². The zero-order valence-corrected chi connectivity index (χ0v) is 16.7. The molecule has 4 rings (SSSR count). The average Bonchev–Trinajstić information content (AvgIpc) is 3.17. The van der Waals surface area contributed by atoms with Crippen LogP contribution in [0.25, 0.3) is 11.8 Å². The average molecular weight is 418 g/mol. The van der Waals surface area contributed by atoms with Crippen LogP contribution in [-0.4, -0.2) is 32.0 Å². The SMILES string of the molecule is Cc1cc(/C=C2\C(=N)N3N=CSC3=NC2=O)c(C)n1-c1ccc(Cl)cc1Cl. The zero-order chi connectivity index (χ0) is 19.3. The number of rotatable bonds is 2. The lowest BCUT2D eigenvalue weighted by Gasteiger charge is -2.20. The lowest BCUT2D eigenvalue weighted by molar-refractivity contribution is -0.114. The molecule has 9 heteroatoms. The number of hydrogen-bond acceptors (Lipinski definition) is 4. The Morgan fingerprint density at radius 1 is 1.22 bits per heavy atom. The fourth-order valence-electron chi connectivity index (χ4n) is 3.06. The van der Waals surface area contributed by atoms with Gasteiger partial charge in [0.15, 0.2) is 11.0 Å². The van der Waals surface area contributed by atoms with E-state index in [-0.39, 0.29) is 11.4 Å². The summed E-state index contributed by atoms with van der Waals surface area (Å²) < 4.78 is 1.99. The van der Waals surface area contributed by atoms with Gasteiger partial charge in [-0.25, -0.2) is 0 Å². The van der Waals surface area contributed by atoms with Gasteiger partial charge in [0, 0.05) is 16.4 Å². The molecule has 6 nitrogen and oxygen atoms in total. The largest absolute Gasteiger partial charge is 0.316 e. The summed E-state index contributed by atoms with van der Waals surface area (Å²) in [6.45, 7) is 3.88. The van der Waals surface area contributed by atoms with Gasteiger partial charge in [0.2, 0.25) is 0 Å². The molecule has 1 aromatic carbocycles. The molecular weight excluding hydrogens is 405 g/mol. The standard InChI is InChI=1S/C18H13Cl2N5OS/c1-9-5-11(10(2)24(9)15-4-3-12(19)7-14(15)20)6-13-16(21)25-18(23-17(13)26)27-8-22-25/h3-8,21H,1-2H3/b13-6+,21-16?. The van der Waals surface area contributed by atoms with Crippen molar-refractivity contribution in [3.8, 4) is 5.69 Å². The van der Waals surface area contributed by atoms with Crippen LogP contribution in [-0.2, 0) is 4.79 Å².